The largest absolute Gasteiger partial charge is 0.482 e. The number of carbonyl (C=O) groups is 2. The molecule has 114 valence electrons. The number of amides is 1. The van der Waals surface area contributed by atoms with E-state index in [2.05, 4.69) is 21.2 Å². The first-order valence-corrected chi connectivity index (χ1v) is 7.61. The number of benzene rings is 2. The molecule has 0 radical (unpaired) electrons. The molecule has 0 spiro atoms. The summed E-state index contributed by atoms with van der Waals surface area (Å²) in [6.07, 6.45) is 0. The van der Waals surface area contributed by atoms with Crippen molar-refractivity contribution in [2.75, 3.05) is 11.9 Å². The van der Waals surface area contributed by atoms with Crippen molar-refractivity contribution in [1.29, 1.82) is 0 Å². The molecule has 0 aliphatic rings. The summed E-state index contributed by atoms with van der Waals surface area (Å²) < 4.78 is 6.20. The van der Waals surface area contributed by atoms with Crippen LogP contribution < -0.4 is 10.1 Å². The molecule has 2 rings (SSSR count). The zero-order chi connectivity index (χ0) is 16.1. The van der Waals surface area contributed by atoms with E-state index in [1.807, 2.05) is 0 Å². The maximum Gasteiger partial charge on any atom is 0.262 e. The standard InChI is InChI=1S/C16H13BrClNO3/c1-10(20)11-3-2-4-13(7-11)19-16(21)9-22-15-6-5-12(17)8-14(15)18/h2-8H,9H2,1H3,(H,19,21). The number of hydrogen-bond acceptors (Lipinski definition) is 3. The number of ether oxygens (including phenoxy) is 1. The first kappa shape index (κ1) is 16.5. The minimum absolute atomic E-state index is 0.0611. The molecule has 0 fully saturated rings. The lowest BCUT2D eigenvalue weighted by Crippen LogP contribution is -2.20. The summed E-state index contributed by atoms with van der Waals surface area (Å²) in [5, 5.41) is 3.09. The van der Waals surface area contributed by atoms with Gasteiger partial charge in [-0.1, -0.05) is 39.7 Å². The summed E-state index contributed by atoms with van der Waals surface area (Å²) >= 11 is 9.30. The predicted octanol–water partition coefficient (Wildman–Crippen LogP) is 4.32. The third-order valence-corrected chi connectivity index (χ3v) is 3.59. The van der Waals surface area contributed by atoms with Crippen molar-refractivity contribution in [2.45, 2.75) is 6.92 Å². The van der Waals surface area contributed by atoms with Crippen molar-refractivity contribution in [2.24, 2.45) is 0 Å². The second-order valence-corrected chi connectivity index (χ2v) is 5.87. The van der Waals surface area contributed by atoms with Gasteiger partial charge in [-0.3, -0.25) is 9.59 Å². The maximum atomic E-state index is 11.9. The monoisotopic (exact) mass is 381 g/mol. The van der Waals surface area contributed by atoms with Crippen molar-refractivity contribution < 1.29 is 14.3 Å². The fraction of sp³-hybridized carbons (Fsp3) is 0.125. The van der Waals surface area contributed by atoms with E-state index in [4.69, 9.17) is 16.3 Å². The topological polar surface area (TPSA) is 55.4 Å². The van der Waals surface area contributed by atoms with E-state index >= 15 is 0 Å². The smallest absolute Gasteiger partial charge is 0.262 e. The number of anilines is 1. The Bertz CT molecular complexity index is 718. The van der Waals surface area contributed by atoms with Gasteiger partial charge in [0.1, 0.15) is 5.75 Å². The van der Waals surface area contributed by atoms with Gasteiger partial charge in [-0.15, -0.1) is 0 Å². The van der Waals surface area contributed by atoms with Gasteiger partial charge in [0, 0.05) is 15.7 Å². The normalized spacial score (nSPS) is 10.1. The van der Waals surface area contributed by atoms with Crippen LogP contribution in [0.15, 0.2) is 46.9 Å². The number of ketones is 1. The van der Waals surface area contributed by atoms with Crippen LogP contribution in [-0.2, 0) is 4.79 Å². The molecule has 0 aliphatic carbocycles. The lowest BCUT2D eigenvalue weighted by Gasteiger charge is -2.09. The summed E-state index contributed by atoms with van der Waals surface area (Å²) in [5.41, 5.74) is 1.08. The molecule has 6 heteroatoms. The van der Waals surface area contributed by atoms with Gasteiger partial charge >= 0.3 is 0 Å². The zero-order valence-electron chi connectivity index (χ0n) is 11.7. The quantitative estimate of drug-likeness (QED) is 0.783. The molecular formula is C16H13BrClNO3. The van der Waals surface area contributed by atoms with E-state index in [1.54, 1.807) is 42.5 Å². The Morgan fingerprint density at radius 1 is 1.23 bits per heavy atom. The third-order valence-electron chi connectivity index (χ3n) is 2.81. The highest BCUT2D eigenvalue weighted by Crippen LogP contribution is 2.27. The average molecular weight is 383 g/mol. The number of halogens is 2. The number of Topliss-reactive ketones (excluding diaryl/α,β-unsaturated/α-hetero) is 1. The van der Waals surface area contributed by atoms with E-state index in [0.717, 1.165) is 4.47 Å². The molecule has 0 aromatic heterocycles. The van der Waals surface area contributed by atoms with Crippen LogP contribution in [0.5, 0.6) is 5.75 Å². The minimum Gasteiger partial charge on any atom is -0.482 e. The second kappa shape index (κ2) is 7.42. The van der Waals surface area contributed by atoms with Gasteiger partial charge < -0.3 is 10.1 Å². The molecule has 0 atom stereocenters. The van der Waals surface area contributed by atoms with Crippen molar-refractivity contribution in [3.63, 3.8) is 0 Å². The molecule has 2 aromatic rings. The van der Waals surface area contributed by atoms with E-state index in [-0.39, 0.29) is 18.3 Å². The fourth-order valence-corrected chi connectivity index (χ4v) is 2.48. The summed E-state index contributed by atoms with van der Waals surface area (Å²) in [6.45, 7) is 1.30. The summed E-state index contributed by atoms with van der Waals surface area (Å²) in [5.74, 6) is 0.0335. The Balaban J connectivity index is 1.95. The van der Waals surface area contributed by atoms with Gasteiger partial charge in [0.25, 0.3) is 5.91 Å². The molecule has 2 aromatic carbocycles. The van der Waals surface area contributed by atoms with Gasteiger partial charge in [-0.2, -0.15) is 0 Å². The van der Waals surface area contributed by atoms with Crippen molar-refractivity contribution in [3.8, 4) is 5.75 Å². The van der Waals surface area contributed by atoms with E-state index in [1.165, 1.54) is 6.92 Å². The Hall–Kier alpha value is -1.85. The van der Waals surface area contributed by atoms with Crippen LogP contribution in [0.1, 0.15) is 17.3 Å². The van der Waals surface area contributed by atoms with Gasteiger partial charge in [-0.25, -0.2) is 0 Å². The molecule has 1 N–H and O–H groups in total. The molecule has 0 unspecified atom stereocenters. The van der Waals surface area contributed by atoms with E-state index in [9.17, 15) is 9.59 Å². The van der Waals surface area contributed by atoms with Gasteiger partial charge in [0.2, 0.25) is 0 Å². The van der Waals surface area contributed by atoms with Gasteiger partial charge in [0.15, 0.2) is 12.4 Å². The summed E-state index contributed by atoms with van der Waals surface area (Å²) in [7, 11) is 0. The van der Waals surface area contributed by atoms with Gasteiger partial charge in [-0.05, 0) is 37.3 Å². The summed E-state index contributed by atoms with van der Waals surface area (Å²) in [4.78, 5) is 23.2. The average Bonchev–Trinajstić information content (AvgIpc) is 2.46. The second-order valence-electron chi connectivity index (χ2n) is 4.55. The maximum absolute atomic E-state index is 11.9. The van der Waals surface area contributed by atoms with Gasteiger partial charge in [0.05, 0.1) is 5.02 Å². The van der Waals surface area contributed by atoms with E-state index < -0.39 is 0 Å². The number of carbonyl (C=O) groups excluding carboxylic acids is 2. The molecule has 0 saturated carbocycles. The molecule has 4 nitrogen and oxygen atoms in total. The van der Waals surface area contributed by atoms with Crippen molar-refractivity contribution >= 4 is 44.9 Å². The fourth-order valence-electron chi connectivity index (χ4n) is 1.75. The van der Waals surface area contributed by atoms with E-state index in [0.29, 0.717) is 22.0 Å². The van der Waals surface area contributed by atoms with Crippen molar-refractivity contribution in [3.05, 3.63) is 57.5 Å². The predicted molar refractivity (Wildman–Crippen MR) is 89.7 cm³/mol. The summed E-state index contributed by atoms with van der Waals surface area (Å²) in [6, 6.07) is 11.9. The number of nitrogens with one attached hydrogen (secondary N) is 1. The molecule has 0 aliphatic heterocycles. The lowest BCUT2D eigenvalue weighted by atomic mass is 10.1. The Morgan fingerprint density at radius 3 is 2.68 bits per heavy atom. The highest BCUT2D eigenvalue weighted by atomic mass is 79.9. The van der Waals surface area contributed by atoms with Crippen LogP contribution in [0.3, 0.4) is 0 Å². The lowest BCUT2D eigenvalue weighted by molar-refractivity contribution is -0.118. The SMILES string of the molecule is CC(=O)c1cccc(NC(=O)COc2ccc(Br)cc2Cl)c1. The zero-order valence-corrected chi connectivity index (χ0v) is 14.1. The van der Waals surface area contributed by atoms with Crippen LogP contribution in [0.2, 0.25) is 5.02 Å². The Kier molecular flexibility index (Phi) is 5.57. The molecule has 0 bridgehead atoms. The Labute approximate surface area is 141 Å². The molecular weight excluding hydrogens is 370 g/mol. The van der Waals surface area contributed by atoms with Crippen LogP contribution in [0.4, 0.5) is 5.69 Å². The molecule has 1 amide bonds. The molecule has 22 heavy (non-hydrogen) atoms. The third kappa shape index (κ3) is 4.58. The Morgan fingerprint density at radius 2 is 2.00 bits per heavy atom. The van der Waals surface area contributed by atoms with Crippen LogP contribution >= 0.6 is 27.5 Å². The highest BCUT2D eigenvalue weighted by Gasteiger charge is 2.08. The van der Waals surface area contributed by atoms with Crippen LogP contribution in [0.25, 0.3) is 0 Å². The van der Waals surface area contributed by atoms with Crippen LogP contribution in [0, 0.1) is 0 Å². The minimum atomic E-state index is -0.334. The number of rotatable bonds is 5. The number of hydrogen-bond donors (Lipinski definition) is 1. The highest BCUT2D eigenvalue weighted by molar-refractivity contribution is 9.10. The van der Waals surface area contributed by atoms with Crippen LogP contribution in [-0.4, -0.2) is 18.3 Å². The molecule has 0 saturated heterocycles. The first-order valence-electron chi connectivity index (χ1n) is 6.44. The molecule has 0 heterocycles. The van der Waals surface area contributed by atoms with Crippen molar-refractivity contribution in [1.82, 2.24) is 0 Å². The first-order chi connectivity index (χ1) is 10.5.